The van der Waals surface area contributed by atoms with Crippen LogP contribution in [0.2, 0.25) is 5.02 Å². The zero-order chi connectivity index (χ0) is 18.3. The maximum absolute atomic E-state index is 13.1. The van der Waals surface area contributed by atoms with Crippen LogP contribution in [0.4, 0.5) is 0 Å². The van der Waals surface area contributed by atoms with Crippen LogP contribution in [0.1, 0.15) is 28.2 Å². The Labute approximate surface area is 157 Å². The molecule has 0 fully saturated rings. The minimum atomic E-state index is -0.535. The van der Waals surface area contributed by atoms with Crippen LogP contribution in [0.5, 0.6) is 17.2 Å². The third kappa shape index (κ3) is 2.85. The van der Waals surface area contributed by atoms with E-state index in [2.05, 4.69) is 0 Å². The highest BCUT2D eigenvalue weighted by molar-refractivity contribution is 6.32. The van der Waals surface area contributed by atoms with E-state index in [1.807, 2.05) is 62.4 Å². The fourth-order valence-corrected chi connectivity index (χ4v) is 3.41. The number of para-hydroxylation sites is 2. The van der Waals surface area contributed by atoms with Gasteiger partial charge < -0.3 is 9.47 Å². The Bertz CT molecular complexity index is 941. The molecule has 0 saturated carbocycles. The topological polar surface area (TPSA) is 35.5 Å². The molecule has 1 heterocycles. The number of hydrogen-bond acceptors (Lipinski definition) is 3. The number of rotatable bonds is 2. The average molecular weight is 365 g/mol. The van der Waals surface area contributed by atoms with Gasteiger partial charge in [0.25, 0.3) is 0 Å². The summed E-state index contributed by atoms with van der Waals surface area (Å²) in [5, 5.41) is 0.687. The standard InChI is InChI=1S/C22H17ClO3/c1-13-11-15(12-14(2)21(13)23)25-22(24)20-16-7-3-5-9-18(16)26-19-10-6-4-8-17(19)20/h3-12,20H,1-2H3. The van der Waals surface area contributed by atoms with E-state index in [4.69, 9.17) is 21.1 Å². The minimum Gasteiger partial charge on any atom is -0.457 e. The van der Waals surface area contributed by atoms with Crippen molar-refractivity contribution in [2.45, 2.75) is 19.8 Å². The maximum atomic E-state index is 13.1. The van der Waals surface area contributed by atoms with Crippen LogP contribution in [0.25, 0.3) is 0 Å². The summed E-state index contributed by atoms with van der Waals surface area (Å²) in [6, 6.07) is 18.7. The molecule has 0 aliphatic carbocycles. The molecule has 3 aromatic carbocycles. The van der Waals surface area contributed by atoms with E-state index < -0.39 is 5.92 Å². The molecule has 0 N–H and O–H groups in total. The molecular weight excluding hydrogens is 348 g/mol. The monoisotopic (exact) mass is 364 g/mol. The van der Waals surface area contributed by atoms with Crippen molar-refractivity contribution in [3.63, 3.8) is 0 Å². The second-order valence-corrected chi connectivity index (χ2v) is 6.78. The third-order valence-electron chi connectivity index (χ3n) is 4.54. The fourth-order valence-electron chi connectivity index (χ4n) is 3.30. The average Bonchev–Trinajstić information content (AvgIpc) is 2.63. The SMILES string of the molecule is Cc1cc(OC(=O)C2c3ccccc3Oc3ccccc32)cc(C)c1Cl. The minimum absolute atomic E-state index is 0.339. The van der Waals surface area contributed by atoms with Gasteiger partial charge in [-0.1, -0.05) is 48.0 Å². The molecule has 130 valence electrons. The number of halogens is 1. The van der Waals surface area contributed by atoms with Gasteiger partial charge in [0.1, 0.15) is 23.2 Å². The van der Waals surface area contributed by atoms with Gasteiger partial charge in [0.15, 0.2) is 0 Å². The Kier molecular flexibility index (Phi) is 4.17. The van der Waals surface area contributed by atoms with E-state index in [1.165, 1.54) is 0 Å². The summed E-state index contributed by atoms with van der Waals surface area (Å²) >= 11 is 6.21. The van der Waals surface area contributed by atoms with Gasteiger partial charge in [0, 0.05) is 16.1 Å². The van der Waals surface area contributed by atoms with Gasteiger partial charge in [-0.3, -0.25) is 4.79 Å². The molecule has 0 bridgehead atoms. The highest BCUT2D eigenvalue weighted by Gasteiger charge is 2.34. The Morgan fingerprint density at radius 1 is 0.923 bits per heavy atom. The van der Waals surface area contributed by atoms with E-state index in [0.717, 1.165) is 22.3 Å². The Balaban J connectivity index is 1.74. The van der Waals surface area contributed by atoms with Gasteiger partial charge in [0.05, 0.1) is 0 Å². The van der Waals surface area contributed by atoms with Gasteiger partial charge in [-0.2, -0.15) is 0 Å². The summed E-state index contributed by atoms with van der Waals surface area (Å²) in [4.78, 5) is 13.1. The molecule has 0 unspecified atom stereocenters. The highest BCUT2D eigenvalue weighted by atomic mass is 35.5. The molecule has 1 aliphatic rings. The van der Waals surface area contributed by atoms with Gasteiger partial charge in [-0.25, -0.2) is 0 Å². The molecule has 4 heteroatoms. The molecule has 0 radical (unpaired) electrons. The van der Waals surface area contributed by atoms with Crippen molar-refractivity contribution in [2.75, 3.05) is 0 Å². The first-order valence-corrected chi connectivity index (χ1v) is 8.76. The molecule has 0 atom stereocenters. The summed E-state index contributed by atoms with van der Waals surface area (Å²) in [5.41, 5.74) is 3.36. The number of ether oxygens (including phenoxy) is 2. The largest absolute Gasteiger partial charge is 0.457 e. The molecule has 0 spiro atoms. The number of aryl methyl sites for hydroxylation is 2. The quantitative estimate of drug-likeness (QED) is 0.426. The molecule has 1 aliphatic heterocycles. The van der Waals surface area contributed by atoms with Crippen molar-refractivity contribution >= 4 is 17.6 Å². The van der Waals surface area contributed by atoms with Crippen LogP contribution in [-0.2, 0) is 4.79 Å². The highest BCUT2D eigenvalue weighted by Crippen LogP contribution is 2.44. The molecule has 26 heavy (non-hydrogen) atoms. The number of esters is 1. The lowest BCUT2D eigenvalue weighted by Gasteiger charge is -2.26. The van der Waals surface area contributed by atoms with Crippen LogP contribution < -0.4 is 9.47 Å². The second-order valence-electron chi connectivity index (χ2n) is 6.40. The smallest absolute Gasteiger partial charge is 0.323 e. The third-order valence-corrected chi connectivity index (χ3v) is 5.14. The Morgan fingerprint density at radius 2 is 1.42 bits per heavy atom. The summed E-state index contributed by atoms with van der Waals surface area (Å²) < 4.78 is 11.7. The number of fused-ring (bicyclic) bond motifs is 2. The molecule has 4 rings (SSSR count). The lowest BCUT2D eigenvalue weighted by Crippen LogP contribution is -2.23. The van der Waals surface area contributed by atoms with Crippen LogP contribution in [0.15, 0.2) is 60.7 Å². The molecule has 0 aromatic heterocycles. The predicted octanol–water partition coefficient (Wildman–Crippen LogP) is 5.80. The predicted molar refractivity (Wildman–Crippen MR) is 101 cm³/mol. The van der Waals surface area contributed by atoms with Gasteiger partial charge >= 0.3 is 5.97 Å². The van der Waals surface area contributed by atoms with Crippen LogP contribution in [0, 0.1) is 13.8 Å². The molecule has 3 aromatic rings. The van der Waals surface area contributed by atoms with E-state index in [9.17, 15) is 4.79 Å². The summed E-state index contributed by atoms with van der Waals surface area (Å²) in [6.07, 6.45) is 0. The zero-order valence-electron chi connectivity index (χ0n) is 14.5. The van der Waals surface area contributed by atoms with Gasteiger partial charge in [-0.15, -0.1) is 0 Å². The molecular formula is C22H17ClO3. The summed E-state index contributed by atoms with van der Waals surface area (Å²) in [6.45, 7) is 3.79. The van der Waals surface area contributed by atoms with Crippen molar-refractivity contribution in [2.24, 2.45) is 0 Å². The van der Waals surface area contributed by atoms with Crippen molar-refractivity contribution in [3.8, 4) is 17.2 Å². The van der Waals surface area contributed by atoms with E-state index in [1.54, 1.807) is 12.1 Å². The van der Waals surface area contributed by atoms with E-state index >= 15 is 0 Å². The van der Waals surface area contributed by atoms with Gasteiger partial charge in [0.2, 0.25) is 0 Å². The van der Waals surface area contributed by atoms with Crippen LogP contribution >= 0.6 is 11.6 Å². The summed E-state index contributed by atoms with van der Waals surface area (Å²) in [7, 11) is 0. The van der Waals surface area contributed by atoms with Crippen molar-refractivity contribution in [1.29, 1.82) is 0 Å². The Morgan fingerprint density at radius 3 is 1.96 bits per heavy atom. The van der Waals surface area contributed by atoms with Crippen LogP contribution in [-0.4, -0.2) is 5.97 Å². The molecule has 0 saturated heterocycles. The van der Waals surface area contributed by atoms with Crippen molar-refractivity contribution in [3.05, 3.63) is 87.9 Å². The first-order chi connectivity index (χ1) is 12.5. The second kappa shape index (κ2) is 6.50. The number of carbonyl (C=O) groups excluding carboxylic acids is 1. The molecule has 3 nitrogen and oxygen atoms in total. The van der Waals surface area contributed by atoms with E-state index in [0.29, 0.717) is 22.3 Å². The normalized spacial score (nSPS) is 12.7. The van der Waals surface area contributed by atoms with Gasteiger partial charge in [-0.05, 0) is 49.2 Å². The zero-order valence-corrected chi connectivity index (χ0v) is 15.2. The van der Waals surface area contributed by atoms with Crippen molar-refractivity contribution in [1.82, 2.24) is 0 Å². The van der Waals surface area contributed by atoms with Crippen molar-refractivity contribution < 1.29 is 14.3 Å². The Hall–Kier alpha value is -2.78. The number of hydrogen-bond donors (Lipinski definition) is 0. The molecule has 0 amide bonds. The van der Waals surface area contributed by atoms with E-state index in [-0.39, 0.29) is 5.97 Å². The first-order valence-electron chi connectivity index (χ1n) is 8.39. The fraction of sp³-hybridized carbons (Fsp3) is 0.136. The lowest BCUT2D eigenvalue weighted by molar-refractivity contribution is -0.135. The van der Waals surface area contributed by atoms with Crippen LogP contribution in [0.3, 0.4) is 0 Å². The lowest BCUT2D eigenvalue weighted by atomic mass is 9.88. The number of carbonyl (C=O) groups is 1. The first kappa shape index (κ1) is 16.7. The summed E-state index contributed by atoms with van der Waals surface area (Å²) in [5.74, 6) is 0.978. The maximum Gasteiger partial charge on any atom is 0.323 e. The number of benzene rings is 3.